The first kappa shape index (κ1) is 12.6. The molecule has 1 aromatic rings. The van der Waals surface area contributed by atoms with Crippen LogP contribution in [0.15, 0.2) is 30.3 Å². The summed E-state index contributed by atoms with van der Waals surface area (Å²) in [6.07, 6.45) is 2.54. The molecule has 0 radical (unpaired) electrons. The highest BCUT2D eigenvalue weighted by atomic mass is 15.2. The third-order valence-electron chi connectivity index (χ3n) is 4.29. The van der Waals surface area contributed by atoms with Gasteiger partial charge in [-0.25, -0.2) is 0 Å². The van der Waals surface area contributed by atoms with Crippen molar-refractivity contribution in [2.24, 2.45) is 0 Å². The molecule has 1 aliphatic heterocycles. The van der Waals surface area contributed by atoms with Crippen molar-refractivity contribution in [3.05, 3.63) is 35.9 Å². The fourth-order valence-electron chi connectivity index (χ4n) is 2.80. The SMILES string of the molecule is CC1(c2ccccc2)CCN(C(C)(C)C)CC1. The van der Waals surface area contributed by atoms with Crippen molar-refractivity contribution in [1.29, 1.82) is 0 Å². The zero-order valence-corrected chi connectivity index (χ0v) is 11.7. The molecule has 0 spiro atoms. The van der Waals surface area contributed by atoms with Gasteiger partial charge in [0.05, 0.1) is 0 Å². The van der Waals surface area contributed by atoms with E-state index in [2.05, 4.69) is 62.9 Å². The van der Waals surface area contributed by atoms with Gasteiger partial charge in [-0.3, -0.25) is 4.90 Å². The first-order chi connectivity index (χ1) is 7.92. The maximum atomic E-state index is 2.61. The van der Waals surface area contributed by atoms with Gasteiger partial charge in [0.15, 0.2) is 0 Å². The third-order valence-corrected chi connectivity index (χ3v) is 4.29. The Bertz CT molecular complexity index is 353. The number of hydrogen-bond acceptors (Lipinski definition) is 1. The van der Waals surface area contributed by atoms with E-state index in [-0.39, 0.29) is 0 Å². The monoisotopic (exact) mass is 231 g/mol. The van der Waals surface area contributed by atoms with E-state index in [1.54, 1.807) is 0 Å². The summed E-state index contributed by atoms with van der Waals surface area (Å²) in [5, 5.41) is 0. The molecule has 0 saturated carbocycles. The van der Waals surface area contributed by atoms with Crippen molar-refractivity contribution in [2.45, 2.75) is 51.5 Å². The van der Waals surface area contributed by atoms with Gasteiger partial charge in [-0.15, -0.1) is 0 Å². The van der Waals surface area contributed by atoms with Crippen molar-refractivity contribution in [3.8, 4) is 0 Å². The molecule has 2 rings (SSSR count). The average Bonchev–Trinajstić information content (AvgIpc) is 2.29. The molecule has 1 heterocycles. The van der Waals surface area contributed by atoms with Gasteiger partial charge in [0.2, 0.25) is 0 Å². The van der Waals surface area contributed by atoms with Crippen molar-refractivity contribution in [3.63, 3.8) is 0 Å². The van der Waals surface area contributed by atoms with E-state index in [9.17, 15) is 0 Å². The lowest BCUT2D eigenvalue weighted by atomic mass is 9.74. The topological polar surface area (TPSA) is 3.24 Å². The molecule has 1 heteroatoms. The molecule has 0 aliphatic carbocycles. The molecule has 1 saturated heterocycles. The Kier molecular flexibility index (Phi) is 3.31. The van der Waals surface area contributed by atoms with Gasteiger partial charge >= 0.3 is 0 Å². The molecule has 17 heavy (non-hydrogen) atoms. The normalized spacial score (nSPS) is 21.4. The number of hydrogen-bond donors (Lipinski definition) is 0. The molecule has 0 atom stereocenters. The van der Waals surface area contributed by atoms with Crippen LogP contribution < -0.4 is 0 Å². The Labute approximate surface area is 106 Å². The van der Waals surface area contributed by atoms with Crippen LogP contribution in [0.4, 0.5) is 0 Å². The molecule has 0 bridgehead atoms. The van der Waals surface area contributed by atoms with Crippen LogP contribution in [0, 0.1) is 0 Å². The largest absolute Gasteiger partial charge is 0.298 e. The van der Waals surface area contributed by atoms with Gasteiger partial charge in [0, 0.05) is 5.54 Å². The Morgan fingerprint density at radius 3 is 2.00 bits per heavy atom. The van der Waals surface area contributed by atoms with Crippen LogP contribution in [0.1, 0.15) is 46.1 Å². The van der Waals surface area contributed by atoms with Crippen molar-refractivity contribution in [1.82, 2.24) is 4.90 Å². The van der Waals surface area contributed by atoms with E-state index in [1.165, 1.54) is 31.5 Å². The quantitative estimate of drug-likeness (QED) is 0.710. The Balaban J connectivity index is 2.08. The van der Waals surface area contributed by atoms with Crippen LogP contribution in [0.5, 0.6) is 0 Å². The third kappa shape index (κ3) is 2.71. The second-order valence-corrected chi connectivity index (χ2v) is 6.58. The molecule has 1 aliphatic rings. The van der Waals surface area contributed by atoms with Crippen LogP contribution in [0.3, 0.4) is 0 Å². The number of benzene rings is 1. The molecular formula is C16H25N. The fourth-order valence-corrected chi connectivity index (χ4v) is 2.80. The van der Waals surface area contributed by atoms with Crippen molar-refractivity contribution >= 4 is 0 Å². The predicted molar refractivity (Wildman–Crippen MR) is 74.4 cm³/mol. The van der Waals surface area contributed by atoms with Crippen LogP contribution in [-0.2, 0) is 5.41 Å². The van der Waals surface area contributed by atoms with Crippen molar-refractivity contribution < 1.29 is 0 Å². The highest BCUT2D eigenvalue weighted by molar-refractivity contribution is 5.25. The van der Waals surface area contributed by atoms with E-state index >= 15 is 0 Å². The van der Waals surface area contributed by atoms with Crippen LogP contribution in [-0.4, -0.2) is 23.5 Å². The van der Waals surface area contributed by atoms with Gasteiger partial charge < -0.3 is 0 Å². The Morgan fingerprint density at radius 1 is 1.00 bits per heavy atom. The minimum atomic E-state index is 0.317. The highest BCUT2D eigenvalue weighted by Crippen LogP contribution is 2.36. The van der Waals surface area contributed by atoms with Gasteiger partial charge in [-0.1, -0.05) is 37.3 Å². The zero-order chi connectivity index (χ0) is 12.5. The molecule has 1 aromatic carbocycles. The van der Waals surface area contributed by atoms with Gasteiger partial charge in [-0.05, 0) is 57.7 Å². The second kappa shape index (κ2) is 4.45. The highest BCUT2D eigenvalue weighted by Gasteiger charge is 2.34. The van der Waals surface area contributed by atoms with Gasteiger partial charge in [0.1, 0.15) is 0 Å². The van der Waals surface area contributed by atoms with E-state index in [0.29, 0.717) is 11.0 Å². The van der Waals surface area contributed by atoms with Crippen LogP contribution in [0.25, 0.3) is 0 Å². The second-order valence-electron chi connectivity index (χ2n) is 6.58. The first-order valence-corrected chi connectivity index (χ1v) is 6.72. The number of rotatable bonds is 1. The Hall–Kier alpha value is -0.820. The van der Waals surface area contributed by atoms with Crippen molar-refractivity contribution in [2.75, 3.05) is 13.1 Å². The molecule has 0 unspecified atom stereocenters. The average molecular weight is 231 g/mol. The van der Waals surface area contributed by atoms with E-state index in [1.807, 2.05) is 0 Å². The molecule has 0 amide bonds. The maximum Gasteiger partial charge on any atom is 0.0125 e. The van der Waals surface area contributed by atoms with Gasteiger partial charge in [-0.2, -0.15) is 0 Å². The minimum absolute atomic E-state index is 0.317. The molecule has 0 N–H and O–H groups in total. The predicted octanol–water partition coefficient (Wildman–Crippen LogP) is 3.84. The minimum Gasteiger partial charge on any atom is -0.298 e. The summed E-state index contributed by atoms with van der Waals surface area (Å²) in [4.78, 5) is 2.61. The zero-order valence-electron chi connectivity index (χ0n) is 11.7. The lowest BCUT2D eigenvalue weighted by Crippen LogP contribution is -2.49. The smallest absolute Gasteiger partial charge is 0.0125 e. The lowest BCUT2D eigenvalue weighted by Gasteiger charge is -2.45. The molecular weight excluding hydrogens is 206 g/mol. The van der Waals surface area contributed by atoms with E-state index < -0.39 is 0 Å². The number of nitrogens with zero attached hydrogens (tertiary/aromatic N) is 1. The summed E-state index contributed by atoms with van der Waals surface area (Å²) in [5.74, 6) is 0. The summed E-state index contributed by atoms with van der Waals surface area (Å²) in [5.41, 5.74) is 2.20. The summed E-state index contributed by atoms with van der Waals surface area (Å²) in [6, 6.07) is 11.0. The standard InChI is InChI=1S/C16H25N/c1-15(2,3)17-12-10-16(4,11-13-17)14-8-6-5-7-9-14/h5-9H,10-13H2,1-4H3. The number of likely N-dealkylation sites (tertiary alicyclic amines) is 1. The molecule has 1 nitrogen and oxygen atoms in total. The van der Waals surface area contributed by atoms with E-state index in [4.69, 9.17) is 0 Å². The van der Waals surface area contributed by atoms with Crippen LogP contribution >= 0.6 is 0 Å². The summed E-state index contributed by atoms with van der Waals surface area (Å²) in [7, 11) is 0. The van der Waals surface area contributed by atoms with Gasteiger partial charge in [0.25, 0.3) is 0 Å². The molecule has 1 fully saturated rings. The Morgan fingerprint density at radius 2 is 1.53 bits per heavy atom. The summed E-state index contributed by atoms with van der Waals surface area (Å²) < 4.78 is 0. The first-order valence-electron chi connectivity index (χ1n) is 6.72. The molecule has 94 valence electrons. The lowest BCUT2D eigenvalue weighted by molar-refractivity contribution is 0.0794. The summed E-state index contributed by atoms with van der Waals surface area (Å²) in [6.45, 7) is 11.8. The van der Waals surface area contributed by atoms with E-state index in [0.717, 1.165) is 0 Å². The summed E-state index contributed by atoms with van der Waals surface area (Å²) >= 11 is 0. The molecule has 0 aromatic heterocycles. The number of piperidine rings is 1. The fraction of sp³-hybridized carbons (Fsp3) is 0.625. The van der Waals surface area contributed by atoms with Crippen LogP contribution in [0.2, 0.25) is 0 Å². The maximum absolute atomic E-state index is 2.61.